The lowest BCUT2D eigenvalue weighted by molar-refractivity contribution is -0.870. The predicted octanol–water partition coefficient (Wildman–Crippen LogP) is 14.7. The van der Waals surface area contributed by atoms with Crippen LogP contribution in [-0.2, 0) is 32.7 Å². The van der Waals surface area contributed by atoms with E-state index in [0.29, 0.717) is 23.9 Å². The van der Waals surface area contributed by atoms with Gasteiger partial charge in [0.1, 0.15) is 19.8 Å². The molecule has 0 radical (unpaired) electrons. The Bertz CT molecular complexity index is 1050. The first-order valence-corrected chi connectivity index (χ1v) is 27.4. The Kier molecular flexibility index (Phi) is 43.1. The number of unbranched alkanes of at least 4 members (excludes halogenated alkanes) is 32. The Morgan fingerprint density at radius 2 is 0.836 bits per heavy atom. The summed E-state index contributed by atoms with van der Waals surface area (Å²) in [6.07, 6.45) is 48.2. The number of ether oxygens (including phenoxy) is 2. The molecule has 0 spiro atoms. The minimum Gasteiger partial charge on any atom is -0.756 e. The second-order valence-corrected chi connectivity index (χ2v) is 20.3. The molecule has 0 fully saturated rings. The van der Waals surface area contributed by atoms with Crippen LogP contribution in [0.25, 0.3) is 0 Å². The number of carbonyl (C=O) groups excluding carboxylic acids is 2. The summed E-state index contributed by atoms with van der Waals surface area (Å²) < 4.78 is 34.0. The molecule has 0 aliphatic rings. The highest BCUT2D eigenvalue weighted by molar-refractivity contribution is 7.45. The van der Waals surface area contributed by atoms with Gasteiger partial charge >= 0.3 is 11.9 Å². The number of nitrogens with zero attached hydrogens (tertiary/aromatic N) is 1. The molecule has 1 unspecified atom stereocenters. The number of likely N-dealkylation sites (N-methyl/N-ethyl adjacent to an activating group) is 1. The molecule has 362 valence electrons. The van der Waals surface area contributed by atoms with Crippen LogP contribution < -0.4 is 4.89 Å². The SMILES string of the molecule is CCCCCCCCCC/C=C/CCCCCC(=O)OC[C@H](COP(=O)([O-])OCC[N+](C)(C)C)OC(=O)CCCCCCCCCCCCCCCCCCCCCCCC. The van der Waals surface area contributed by atoms with E-state index in [1.54, 1.807) is 0 Å². The fourth-order valence-electron chi connectivity index (χ4n) is 7.48. The van der Waals surface area contributed by atoms with Crippen molar-refractivity contribution in [3.63, 3.8) is 0 Å². The smallest absolute Gasteiger partial charge is 0.306 e. The molecule has 61 heavy (non-hydrogen) atoms. The third kappa shape index (κ3) is 48.1. The van der Waals surface area contributed by atoms with Crippen LogP contribution >= 0.6 is 7.82 Å². The molecule has 0 aromatic heterocycles. The first-order chi connectivity index (χ1) is 29.5. The predicted molar refractivity (Wildman–Crippen MR) is 255 cm³/mol. The molecule has 0 saturated heterocycles. The fourth-order valence-corrected chi connectivity index (χ4v) is 8.20. The van der Waals surface area contributed by atoms with Gasteiger partial charge in [0, 0.05) is 12.8 Å². The molecule has 0 amide bonds. The van der Waals surface area contributed by atoms with Gasteiger partial charge in [-0.3, -0.25) is 14.2 Å². The van der Waals surface area contributed by atoms with Crippen LogP contribution in [0, 0.1) is 0 Å². The Morgan fingerprint density at radius 3 is 1.23 bits per heavy atom. The van der Waals surface area contributed by atoms with Gasteiger partial charge in [-0.2, -0.15) is 0 Å². The first kappa shape index (κ1) is 59.8. The quantitative estimate of drug-likeness (QED) is 0.0195. The molecule has 0 aliphatic heterocycles. The van der Waals surface area contributed by atoms with Crippen LogP contribution in [0.15, 0.2) is 12.2 Å². The number of hydrogen-bond donors (Lipinski definition) is 0. The summed E-state index contributed by atoms with van der Waals surface area (Å²) in [5.41, 5.74) is 0. The second kappa shape index (κ2) is 44.0. The van der Waals surface area contributed by atoms with Crippen LogP contribution in [0.4, 0.5) is 0 Å². The van der Waals surface area contributed by atoms with Crippen LogP contribution in [-0.4, -0.2) is 70.0 Å². The number of rotatable bonds is 48. The first-order valence-electron chi connectivity index (χ1n) is 25.9. The third-order valence-electron chi connectivity index (χ3n) is 11.5. The fraction of sp³-hybridized carbons (Fsp3) is 0.922. The van der Waals surface area contributed by atoms with Crippen LogP contribution in [0.2, 0.25) is 0 Å². The Hall–Kier alpha value is -1.25. The number of hydrogen-bond acceptors (Lipinski definition) is 8. The lowest BCUT2D eigenvalue weighted by Gasteiger charge is -2.28. The molecular formula is C51H100NO8P. The van der Waals surface area contributed by atoms with Gasteiger partial charge in [-0.25, -0.2) is 0 Å². The van der Waals surface area contributed by atoms with Gasteiger partial charge in [0.15, 0.2) is 6.10 Å². The normalized spacial score (nSPS) is 13.5. The van der Waals surface area contributed by atoms with Crippen molar-refractivity contribution in [3.8, 4) is 0 Å². The van der Waals surface area contributed by atoms with E-state index in [2.05, 4.69) is 26.0 Å². The van der Waals surface area contributed by atoms with Gasteiger partial charge in [-0.05, 0) is 38.5 Å². The van der Waals surface area contributed by atoms with Crippen molar-refractivity contribution in [2.75, 3.05) is 47.5 Å². The van der Waals surface area contributed by atoms with E-state index in [4.69, 9.17) is 18.5 Å². The van der Waals surface area contributed by atoms with Crippen molar-refractivity contribution in [3.05, 3.63) is 12.2 Å². The van der Waals surface area contributed by atoms with Crippen molar-refractivity contribution in [1.29, 1.82) is 0 Å². The van der Waals surface area contributed by atoms with Crippen LogP contribution in [0.1, 0.15) is 251 Å². The lowest BCUT2D eigenvalue weighted by Crippen LogP contribution is -2.37. The van der Waals surface area contributed by atoms with Crippen molar-refractivity contribution in [2.45, 2.75) is 258 Å². The maximum atomic E-state index is 12.7. The maximum Gasteiger partial charge on any atom is 0.306 e. The summed E-state index contributed by atoms with van der Waals surface area (Å²) in [5.74, 6) is -0.838. The van der Waals surface area contributed by atoms with Crippen molar-refractivity contribution < 1.29 is 42.1 Å². The zero-order chi connectivity index (χ0) is 45.0. The third-order valence-corrected chi connectivity index (χ3v) is 12.5. The minimum absolute atomic E-state index is 0.0295. The molecule has 0 aromatic carbocycles. The molecule has 0 N–H and O–H groups in total. The summed E-state index contributed by atoms with van der Waals surface area (Å²) in [6.45, 7) is 4.26. The Morgan fingerprint density at radius 1 is 0.492 bits per heavy atom. The molecule has 9 nitrogen and oxygen atoms in total. The van der Waals surface area contributed by atoms with Crippen molar-refractivity contribution in [2.24, 2.45) is 0 Å². The van der Waals surface area contributed by atoms with Crippen LogP contribution in [0.3, 0.4) is 0 Å². The number of esters is 2. The average molecular weight is 886 g/mol. The lowest BCUT2D eigenvalue weighted by atomic mass is 10.0. The maximum absolute atomic E-state index is 12.7. The zero-order valence-electron chi connectivity index (χ0n) is 40.9. The summed E-state index contributed by atoms with van der Waals surface area (Å²) in [7, 11) is 1.17. The highest BCUT2D eigenvalue weighted by atomic mass is 31.2. The summed E-state index contributed by atoms with van der Waals surface area (Å²) in [6, 6.07) is 0. The van der Waals surface area contributed by atoms with Gasteiger partial charge in [-0.15, -0.1) is 0 Å². The molecule has 0 aromatic rings. The van der Waals surface area contributed by atoms with E-state index in [0.717, 1.165) is 38.5 Å². The monoisotopic (exact) mass is 886 g/mol. The van der Waals surface area contributed by atoms with E-state index in [9.17, 15) is 19.0 Å². The van der Waals surface area contributed by atoms with E-state index in [1.165, 1.54) is 173 Å². The number of carbonyl (C=O) groups is 2. The number of phosphoric ester groups is 1. The standard InChI is InChI=1S/C51H100NO8P/c1-6-8-10-12-14-16-18-20-22-23-24-25-26-27-28-30-32-34-36-38-40-42-44-51(54)60-49(48-59-61(55,56)58-46-45-52(3,4)5)47-57-50(53)43-41-39-37-35-33-31-29-21-19-17-15-13-11-9-7-2/h31,33,49H,6-30,32,34-48H2,1-5H3/b33-31+/t49-/m1/s1. The molecule has 2 atom stereocenters. The molecule has 0 aliphatic carbocycles. The van der Waals surface area contributed by atoms with Gasteiger partial charge in [0.05, 0.1) is 27.7 Å². The highest BCUT2D eigenvalue weighted by Gasteiger charge is 2.21. The van der Waals surface area contributed by atoms with Gasteiger partial charge in [0.25, 0.3) is 7.82 Å². The number of quaternary nitrogens is 1. The van der Waals surface area contributed by atoms with Crippen molar-refractivity contribution in [1.82, 2.24) is 0 Å². The van der Waals surface area contributed by atoms with E-state index in [-0.39, 0.29) is 26.1 Å². The van der Waals surface area contributed by atoms with E-state index < -0.39 is 32.5 Å². The van der Waals surface area contributed by atoms with Crippen molar-refractivity contribution >= 4 is 19.8 Å². The minimum atomic E-state index is -4.63. The summed E-state index contributed by atoms with van der Waals surface area (Å²) >= 11 is 0. The average Bonchev–Trinajstić information content (AvgIpc) is 3.21. The summed E-state index contributed by atoms with van der Waals surface area (Å²) in [4.78, 5) is 37.7. The molecule has 10 heteroatoms. The second-order valence-electron chi connectivity index (χ2n) is 18.9. The van der Waals surface area contributed by atoms with E-state index >= 15 is 0 Å². The topological polar surface area (TPSA) is 111 Å². The molecule has 0 heterocycles. The molecule has 0 bridgehead atoms. The van der Waals surface area contributed by atoms with Gasteiger partial charge in [-0.1, -0.05) is 212 Å². The van der Waals surface area contributed by atoms with Gasteiger partial charge in [0.2, 0.25) is 0 Å². The highest BCUT2D eigenvalue weighted by Crippen LogP contribution is 2.38. The molecule has 0 rings (SSSR count). The number of phosphoric acid groups is 1. The molecular weight excluding hydrogens is 786 g/mol. The van der Waals surface area contributed by atoms with E-state index in [1.807, 2.05) is 21.1 Å². The Labute approximate surface area is 377 Å². The Balaban J connectivity index is 4.20. The zero-order valence-corrected chi connectivity index (χ0v) is 41.8. The number of allylic oxidation sites excluding steroid dienone is 2. The summed E-state index contributed by atoms with van der Waals surface area (Å²) in [5, 5.41) is 0. The molecule has 0 saturated carbocycles. The van der Waals surface area contributed by atoms with Gasteiger partial charge < -0.3 is 27.9 Å². The largest absolute Gasteiger partial charge is 0.756 e. The van der Waals surface area contributed by atoms with Crippen LogP contribution in [0.5, 0.6) is 0 Å².